The Hall–Kier alpha value is -0.340. The third-order valence-corrected chi connectivity index (χ3v) is 1.35. The molecule has 2 heteroatoms. The normalized spacial score (nSPS) is 36.1. The van der Waals surface area contributed by atoms with Gasteiger partial charge >= 0.3 is 0 Å². The van der Waals surface area contributed by atoms with E-state index in [1.54, 1.807) is 6.08 Å². The van der Waals surface area contributed by atoms with Gasteiger partial charge in [0, 0.05) is 0 Å². The van der Waals surface area contributed by atoms with Gasteiger partial charge in [-0.2, -0.15) is 0 Å². The Labute approximate surface area is 55.5 Å². The van der Waals surface area contributed by atoms with Gasteiger partial charge in [0.2, 0.25) is 0 Å². The van der Waals surface area contributed by atoms with Gasteiger partial charge in [0.1, 0.15) is 0 Å². The van der Waals surface area contributed by atoms with Gasteiger partial charge < -0.3 is 9.47 Å². The molecule has 0 N–H and O–H groups in total. The fourth-order valence-corrected chi connectivity index (χ4v) is 0.751. The van der Waals surface area contributed by atoms with Crippen molar-refractivity contribution in [3.8, 4) is 0 Å². The van der Waals surface area contributed by atoms with Crippen molar-refractivity contribution in [3.05, 3.63) is 12.7 Å². The standard InChI is InChI=1S/C7H12O2/c1-3-7-5-8-6(2)4-9-7/h3,6-7H,1,4-5H2,2H3/t6-,7+/m0/s1. The van der Waals surface area contributed by atoms with E-state index in [4.69, 9.17) is 9.47 Å². The van der Waals surface area contributed by atoms with Gasteiger partial charge in [0.25, 0.3) is 0 Å². The van der Waals surface area contributed by atoms with Crippen molar-refractivity contribution in [2.75, 3.05) is 13.2 Å². The monoisotopic (exact) mass is 128 g/mol. The van der Waals surface area contributed by atoms with Crippen LogP contribution in [0.4, 0.5) is 0 Å². The summed E-state index contributed by atoms with van der Waals surface area (Å²) < 4.78 is 10.6. The number of ether oxygens (including phenoxy) is 2. The molecule has 52 valence electrons. The second-order valence-corrected chi connectivity index (χ2v) is 2.25. The van der Waals surface area contributed by atoms with Crippen LogP contribution >= 0.6 is 0 Å². The predicted molar refractivity (Wildman–Crippen MR) is 35.4 cm³/mol. The van der Waals surface area contributed by atoms with Crippen molar-refractivity contribution >= 4 is 0 Å². The zero-order chi connectivity index (χ0) is 6.69. The molecule has 0 aliphatic carbocycles. The first kappa shape index (κ1) is 6.78. The average molecular weight is 128 g/mol. The van der Waals surface area contributed by atoms with E-state index in [1.807, 2.05) is 6.92 Å². The summed E-state index contributed by atoms with van der Waals surface area (Å²) in [6, 6.07) is 0. The minimum atomic E-state index is 0.112. The first-order chi connectivity index (χ1) is 4.33. The van der Waals surface area contributed by atoms with Crippen LogP contribution in [0.2, 0.25) is 0 Å². The van der Waals surface area contributed by atoms with Crippen LogP contribution < -0.4 is 0 Å². The first-order valence-corrected chi connectivity index (χ1v) is 3.18. The molecule has 0 spiro atoms. The Kier molecular flexibility index (Phi) is 2.25. The second-order valence-electron chi connectivity index (χ2n) is 2.25. The second kappa shape index (κ2) is 2.99. The minimum Gasteiger partial charge on any atom is -0.373 e. The number of hydrogen-bond donors (Lipinski definition) is 0. The van der Waals surface area contributed by atoms with E-state index in [0.29, 0.717) is 13.2 Å². The number of hydrogen-bond acceptors (Lipinski definition) is 2. The van der Waals surface area contributed by atoms with Gasteiger partial charge in [0.05, 0.1) is 25.4 Å². The Morgan fingerprint density at radius 1 is 1.44 bits per heavy atom. The van der Waals surface area contributed by atoms with Crippen molar-refractivity contribution in [2.24, 2.45) is 0 Å². The van der Waals surface area contributed by atoms with Crippen LogP contribution in [0.15, 0.2) is 12.7 Å². The lowest BCUT2D eigenvalue weighted by Gasteiger charge is -2.24. The fraction of sp³-hybridized carbons (Fsp3) is 0.714. The highest BCUT2D eigenvalue weighted by molar-refractivity contribution is 4.81. The van der Waals surface area contributed by atoms with Crippen molar-refractivity contribution < 1.29 is 9.47 Å². The quantitative estimate of drug-likeness (QED) is 0.490. The summed E-state index contributed by atoms with van der Waals surface area (Å²) in [5, 5.41) is 0. The molecule has 0 aromatic heterocycles. The van der Waals surface area contributed by atoms with Crippen LogP contribution in [-0.2, 0) is 9.47 Å². The molecule has 1 aliphatic rings. The molecule has 1 fully saturated rings. The van der Waals surface area contributed by atoms with E-state index in [9.17, 15) is 0 Å². The largest absolute Gasteiger partial charge is 0.373 e. The lowest BCUT2D eigenvalue weighted by atomic mass is 10.3. The summed E-state index contributed by atoms with van der Waals surface area (Å²) in [5.74, 6) is 0. The SMILES string of the molecule is C=C[C@@H]1CO[C@@H](C)CO1. The van der Waals surface area contributed by atoms with Crippen molar-refractivity contribution in [2.45, 2.75) is 19.1 Å². The van der Waals surface area contributed by atoms with E-state index in [2.05, 4.69) is 6.58 Å². The molecule has 1 rings (SSSR count). The maximum atomic E-state index is 5.30. The molecule has 1 heterocycles. The van der Waals surface area contributed by atoms with Crippen molar-refractivity contribution in [1.29, 1.82) is 0 Å². The molecule has 0 saturated carbocycles. The van der Waals surface area contributed by atoms with Gasteiger partial charge in [-0.1, -0.05) is 6.08 Å². The van der Waals surface area contributed by atoms with Crippen LogP contribution in [0.5, 0.6) is 0 Å². The molecule has 0 aromatic rings. The van der Waals surface area contributed by atoms with E-state index in [0.717, 1.165) is 0 Å². The van der Waals surface area contributed by atoms with E-state index >= 15 is 0 Å². The molecule has 0 radical (unpaired) electrons. The van der Waals surface area contributed by atoms with E-state index < -0.39 is 0 Å². The van der Waals surface area contributed by atoms with Gasteiger partial charge in [-0.15, -0.1) is 6.58 Å². The summed E-state index contributed by atoms with van der Waals surface area (Å²) in [6.07, 6.45) is 2.13. The summed E-state index contributed by atoms with van der Waals surface area (Å²) in [4.78, 5) is 0. The maximum Gasteiger partial charge on any atom is 0.0988 e. The van der Waals surface area contributed by atoms with Gasteiger partial charge in [-0.05, 0) is 6.92 Å². The molecular formula is C7H12O2. The van der Waals surface area contributed by atoms with E-state index in [1.165, 1.54) is 0 Å². The fourth-order valence-electron chi connectivity index (χ4n) is 0.751. The minimum absolute atomic E-state index is 0.112. The van der Waals surface area contributed by atoms with Gasteiger partial charge in [-0.3, -0.25) is 0 Å². The van der Waals surface area contributed by atoms with Crippen LogP contribution in [-0.4, -0.2) is 25.4 Å². The molecule has 0 amide bonds. The van der Waals surface area contributed by atoms with Gasteiger partial charge in [-0.25, -0.2) is 0 Å². The summed E-state index contributed by atoms with van der Waals surface area (Å²) in [6.45, 7) is 6.95. The highest BCUT2D eigenvalue weighted by Crippen LogP contribution is 2.06. The third kappa shape index (κ3) is 1.80. The maximum absolute atomic E-state index is 5.30. The molecule has 0 unspecified atom stereocenters. The predicted octanol–water partition coefficient (Wildman–Crippen LogP) is 0.976. The first-order valence-electron chi connectivity index (χ1n) is 3.18. The molecule has 0 aromatic carbocycles. The van der Waals surface area contributed by atoms with Crippen LogP contribution in [0.25, 0.3) is 0 Å². The smallest absolute Gasteiger partial charge is 0.0988 e. The summed E-state index contributed by atoms with van der Waals surface area (Å²) in [7, 11) is 0. The Morgan fingerprint density at radius 2 is 2.22 bits per heavy atom. The van der Waals surface area contributed by atoms with Crippen molar-refractivity contribution in [1.82, 2.24) is 0 Å². The summed E-state index contributed by atoms with van der Waals surface area (Å²) >= 11 is 0. The average Bonchev–Trinajstić information content (AvgIpc) is 1.90. The zero-order valence-corrected chi connectivity index (χ0v) is 5.67. The van der Waals surface area contributed by atoms with Crippen LogP contribution in [0, 0.1) is 0 Å². The molecule has 2 atom stereocenters. The highest BCUT2D eigenvalue weighted by Gasteiger charge is 2.15. The Morgan fingerprint density at radius 3 is 2.67 bits per heavy atom. The van der Waals surface area contributed by atoms with Gasteiger partial charge in [0.15, 0.2) is 0 Å². The molecule has 1 saturated heterocycles. The zero-order valence-electron chi connectivity index (χ0n) is 5.67. The molecule has 0 bridgehead atoms. The van der Waals surface area contributed by atoms with Crippen LogP contribution in [0.3, 0.4) is 0 Å². The molecular weight excluding hydrogens is 116 g/mol. The molecule has 9 heavy (non-hydrogen) atoms. The summed E-state index contributed by atoms with van der Waals surface area (Å²) in [5.41, 5.74) is 0. The lowest BCUT2D eigenvalue weighted by Crippen LogP contribution is -2.32. The molecule has 2 nitrogen and oxygen atoms in total. The highest BCUT2D eigenvalue weighted by atomic mass is 16.6. The van der Waals surface area contributed by atoms with Crippen LogP contribution in [0.1, 0.15) is 6.92 Å². The topological polar surface area (TPSA) is 18.5 Å². The Bertz CT molecular complexity index is 93.1. The third-order valence-electron chi connectivity index (χ3n) is 1.35. The van der Waals surface area contributed by atoms with Crippen molar-refractivity contribution in [3.63, 3.8) is 0 Å². The lowest BCUT2D eigenvalue weighted by molar-refractivity contribution is -0.108. The number of rotatable bonds is 1. The molecule has 1 aliphatic heterocycles. The van der Waals surface area contributed by atoms with E-state index in [-0.39, 0.29) is 12.2 Å². The Balaban J connectivity index is 2.26.